The Kier molecular flexibility index (Phi) is 6.88. The fourth-order valence-electron chi connectivity index (χ4n) is 3.97. The molecule has 1 fully saturated rings. The van der Waals surface area contributed by atoms with Crippen molar-refractivity contribution in [3.63, 3.8) is 0 Å². The molecule has 11 heteroatoms. The number of Topliss-reactive ketones (excluding diaryl/α,β-unsaturated/α-hetero) is 1. The summed E-state index contributed by atoms with van der Waals surface area (Å²) in [4.78, 5) is 27.4. The van der Waals surface area contributed by atoms with E-state index in [1.807, 2.05) is 13.8 Å². The Bertz CT molecular complexity index is 1340. The summed E-state index contributed by atoms with van der Waals surface area (Å²) in [5, 5.41) is 19.0. The van der Waals surface area contributed by atoms with Gasteiger partial charge in [-0.3, -0.25) is 14.5 Å². The number of carbonyl (C=O) groups is 2. The van der Waals surface area contributed by atoms with Crippen LogP contribution in [0, 0.1) is 0 Å². The molecule has 0 bridgehead atoms. The van der Waals surface area contributed by atoms with E-state index in [1.54, 1.807) is 24.3 Å². The summed E-state index contributed by atoms with van der Waals surface area (Å²) in [6.07, 6.45) is -4.89. The van der Waals surface area contributed by atoms with Gasteiger partial charge in [0, 0.05) is 11.6 Å². The third-order valence-corrected chi connectivity index (χ3v) is 5.81. The van der Waals surface area contributed by atoms with Crippen molar-refractivity contribution >= 4 is 23.3 Å². The molecule has 1 aliphatic heterocycles. The van der Waals surface area contributed by atoms with Crippen molar-refractivity contribution in [2.24, 2.45) is 0 Å². The molecule has 0 radical (unpaired) electrons. The average Bonchev–Trinajstić information content (AvgIpc) is 3.13. The number of aliphatic hydroxyl groups is 1. The number of nitrogens with zero attached hydrogens (tertiary/aromatic N) is 3. The van der Waals surface area contributed by atoms with Crippen LogP contribution >= 0.6 is 0 Å². The Labute approximate surface area is 210 Å². The minimum atomic E-state index is -4.89. The fraction of sp³-hybridized carbons (Fsp3) is 0.231. The van der Waals surface area contributed by atoms with Crippen LogP contribution in [-0.2, 0) is 9.59 Å². The minimum Gasteiger partial charge on any atom is -0.507 e. The number of ether oxygens (including phenoxy) is 2. The second-order valence-corrected chi connectivity index (χ2v) is 8.50. The van der Waals surface area contributed by atoms with E-state index in [2.05, 4.69) is 14.9 Å². The number of ketones is 1. The number of aromatic nitrogens is 2. The van der Waals surface area contributed by atoms with E-state index in [1.165, 1.54) is 31.4 Å². The van der Waals surface area contributed by atoms with Crippen molar-refractivity contribution in [2.75, 3.05) is 12.0 Å². The van der Waals surface area contributed by atoms with Gasteiger partial charge in [0.05, 0.1) is 18.7 Å². The maximum absolute atomic E-state index is 13.2. The first kappa shape index (κ1) is 25.7. The Morgan fingerprint density at radius 3 is 2.14 bits per heavy atom. The molecule has 1 saturated heterocycles. The number of anilines is 1. The highest BCUT2D eigenvalue weighted by Crippen LogP contribution is 2.42. The van der Waals surface area contributed by atoms with Crippen molar-refractivity contribution in [3.8, 4) is 11.6 Å². The molecule has 3 aromatic rings. The topological polar surface area (TPSA) is 102 Å². The van der Waals surface area contributed by atoms with Crippen LogP contribution in [0.3, 0.4) is 0 Å². The Morgan fingerprint density at radius 2 is 1.62 bits per heavy atom. The average molecular weight is 513 g/mol. The molecule has 1 amide bonds. The Hall–Kier alpha value is -4.41. The third-order valence-electron chi connectivity index (χ3n) is 5.81. The van der Waals surface area contributed by atoms with Gasteiger partial charge >= 0.3 is 12.3 Å². The molecule has 0 spiro atoms. The van der Waals surface area contributed by atoms with Crippen molar-refractivity contribution in [3.05, 3.63) is 82.9 Å². The van der Waals surface area contributed by atoms with Gasteiger partial charge in [0.25, 0.3) is 5.78 Å². The first-order chi connectivity index (χ1) is 17.5. The lowest BCUT2D eigenvalue weighted by molar-refractivity contribution is -0.274. The van der Waals surface area contributed by atoms with Gasteiger partial charge in [-0.25, -0.2) is 0 Å². The summed E-state index contributed by atoms with van der Waals surface area (Å²) in [7, 11) is 1.38. The first-order valence-electron chi connectivity index (χ1n) is 11.1. The van der Waals surface area contributed by atoms with E-state index >= 15 is 0 Å². The molecule has 1 aromatic heterocycles. The van der Waals surface area contributed by atoms with Gasteiger partial charge in [0.1, 0.15) is 11.5 Å². The normalized spacial score (nSPS) is 17.4. The molecular formula is C26H22F3N3O5. The van der Waals surface area contributed by atoms with Crippen LogP contribution in [0.1, 0.15) is 42.5 Å². The van der Waals surface area contributed by atoms with Crippen molar-refractivity contribution in [2.45, 2.75) is 32.2 Å². The number of methoxy groups -OCH3 is 1. The summed E-state index contributed by atoms with van der Waals surface area (Å²) in [5.41, 5.74) is 1.30. The Balaban J connectivity index is 1.85. The van der Waals surface area contributed by atoms with E-state index in [0.29, 0.717) is 5.56 Å². The zero-order chi connectivity index (χ0) is 26.9. The van der Waals surface area contributed by atoms with Crippen LogP contribution in [0.15, 0.2) is 66.2 Å². The van der Waals surface area contributed by atoms with Crippen LogP contribution in [0.4, 0.5) is 19.0 Å². The summed E-state index contributed by atoms with van der Waals surface area (Å²) < 4.78 is 46.8. The van der Waals surface area contributed by atoms with E-state index in [-0.39, 0.29) is 28.8 Å². The standard InChI is InChI=1S/C26H22F3N3O5/c1-14(2)15-4-6-17(7-5-15)23(33)21-22(16-8-10-18(11-9-16)37-26(27,28)29)32(25(35)24(21)34)19-12-13-20(36-3)31-30-19/h4-14,22,33H,1-3H3. The molecule has 1 unspecified atom stereocenters. The van der Waals surface area contributed by atoms with Crippen LogP contribution < -0.4 is 14.4 Å². The van der Waals surface area contributed by atoms with Gasteiger partial charge in [0.2, 0.25) is 5.88 Å². The molecule has 0 saturated carbocycles. The van der Waals surface area contributed by atoms with Gasteiger partial charge in [-0.1, -0.05) is 50.2 Å². The van der Waals surface area contributed by atoms with E-state index in [4.69, 9.17) is 4.74 Å². The van der Waals surface area contributed by atoms with Gasteiger partial charge < -0.3 is 14.6 Å². The summed E-state index contributed by atoms with van der Waals surface area (Å²) in [6, 6.07) is 13.1. The summed E-state index contributed by atoms with van der Waals surface area (Å²) >= 11 is 0. The number of alkyl halides is 3. The van der Waals surface area contributed by atoms with Crippen molar-refractivity contribution in [1.29, 1.82) is 0 Å². The molecule has 0 aliphatic carbocycles. The first-order valence-corrected chi connectivity index (χ1v) is 11.1. The van der Waals surface area contributed by atoms with E-state index in [9.17, 15) is 27.9 Å². The number of rotatable bonds is 6. The number of halogens is 3. The number of carbonyl (C=O) groups excluding carboxylic acids is 2. The highest BCUT2D eigenvalue weighted by Gasteiger charge is 2.47. The van der Waals surface area contributed by atoms with Crippen LogP contribution in [0.5, 0.6) is 11.6 Å². The number of benzene rings is 2. The molecule has 2 heterocycles. The molecule has 4 rings (SSSR count). The number of hydrogen-bond donors (Lipinski definition) is 1. The van der Waals surface area contributed by atoms with E-state index < -0.39 is 35.6 Å². The smallest absolute Gasteiger partial charge is 0.507 e. The second kappa shape index (κ2) is 9.92. The molecule has 1 aliphatic rings. The number of aliphatic hydroxyl groups excluding tert-OH is 1. The summed E-state index contributed by atoms with van der Waals surface area (Å²) in [5.74, 6) is -2.51. The van der Waals surface area contributed by atoms with Gasteiger partial charge in [-0.05, 0) is 35.2 Å². The van der Waals surface area contributed by atoms with Gasteiger partial charge in [-0.15, -0.1) is 23.4 Å². The Morgan fingerprint density at radius 1 is 0.973 bits per heavy atom. The number of hydrogen-bond acceptors (Lipinski definition) is 7. The highest BCUT2D eigenvalue weighted by atomic mass is 19.4. The zero-order valence-electron chi connectivity index (χ0n) is 20.0. The SMILES string of the molecule is COc1ccc(N2C(=O)C(=O)C(=C(O)c3ccc(C(C)C)cc3)C2c2ccc(OC(F)(F)F)cc2)nn1. The highest BCUT2D eigenvalue weighted by molar-refractivity contribution is 6.51. The molecule has 192 valence electrons. The zero-order valence-corrected chi connectivity index (χ0v) is 20.0. The molecule has 1 N–H and O–H groups in total. The minimum absolute atomic E-state index is 0.0160. The monoisotopic (exact) mass is 513 g/mol. The second-order valence-electron chi connectivity index (χ2n) is 8.50. The van der Waals surface area contributed by atoms with Crippen LogP contribution in [0.2, 0.25) is 0 Å². The summed E-state index contributed by atoms with van der Waals surface area (Å²) in [6.45, 7) is 4.00. The molecule has 8 nitrogen and oxygen atoms in total. The largest absolute Gasteiger partial charge is 0.573 e. The molecule has 37 heavy (non-hydrogen) atoms. The van der Waals surface area contributed by atoms with Gasteiger partial charge in [0.15, 0.2) is 5.82 Å². The predicted molar refractivity (Wildman–Crippen MR) is 127 cm³/mol. The van der Waals surface area contributed by atoms with E-state index in [0.717, 1.165) is 22.6 Å². The van der Waals surface area contributed by atoms with Crippen LogP contribution in [0.25, 0.3) is 5.76 Å². The van der Waals surface area contributed by atoms with Crippen molar-refractivity contribution in [1.82, 2.24) is 10.2 Å². The predicted octanol–water partition coefficient (Wildman–Crippen LogP) is 5.13. The molecule has 1 atom stereocenters. The maximum atomic E-state index is 13.2. The lowest BCUT2D eigenvalue weighted by Crippen LogP contribution is -2.30. The number of amides is 1. The maximum Gasteiger partial charge on any atom is 0.573 e. The molecular weight excluding hydrogens is 491 g/mol. The van der Waals surface area contributed by atoms with Crippen LogP contribution in [-0.4, -0.2) is 40.5 Å². The molecule has 2 aromatic carbocycles. The van der Waals surface area contributed by atoms with Gasteiger partial charge in [-0.2, -0.15) is 0 Å². The van der Waals surface area contributed by atoms with Crippen molar-refractivity contribution < 1.29 is 37.3 Å². The third kappa shape index (κ3) is 5.25. The quantitative estimate of drug-likeness (QED) is 0.277. The lowest BCUT2D eigenvalue weighted by atomic mass is 9.94. The fourth-order valence-corrected chi connectivity index (χ4v) is 3.97. The lowest BCUT2D eigenvalue weighted by Gasteiger charge is -2.24.